The number of rotatable bonds is 5. The van der Waals surface area contributed by atoms with E-state index in [-0.39, 0.29) is 17.9 Å². The summed E-state index contributed by atoms with van der Waals surface area (Å²) in [5.41, 5.74) is 1.57. The number of ether oxygens (including phenoxy) is 1. The fourth-order valence-electron chi connectivity index (χ4n) is 3.72. The van der Waals surface area contributed by atoms with Gasteiger partial charge in [0.05, 0.1) is 72.3 Å². The zero-order valence-electron chi connectivity index (χ0n) is 16.2. The van der Waals surface area contributed by atoms with Gasteiger partial charge in [0.2, 0.25) is 0 Å². The second kappa shape index (κ2) is 8.73. The second-order valence-corrected chi connectivity index (χ2v) is 8.64. The van der Waals surface area contributed by atoms with Crippen molar-refractivity contribution in [1.82, 2.24) is 4.90 Å². The van der Waals surface area contributed by atoms with Crippen LogP contribution in [0, 0.1) is 5.21 Å². The van der Waals surface area contributed by atoms with Crippen molar-refractivity contribution in [3.05, 3.63) is 59.3 Å². The van der Waals surface area contributed by atoms with E-state index in [1.807, 2.05) is 48.5 Å². The van der Waals surface area contributed by atoms with Gasteiger partial charge < -0.3 is 24.6 Å². The van der Waals surface area contributed by atoms with Crippen LogP contribution >= 0.6 is 0 Å². The molecule has 7 nitrogen and oxygen atoms in total. The highest BCUT2D eigenvalue weighted by Gasteiger charge is 2.31. The number of hydrogen-bond acceptors (Lipinski definition) is 6. The van der Waals surface area contributed by atoms with Crippen LogP contribution in [-0.4, -0.2) is 77.2 Å². The van der Waals surface area contributed by atoms with Gasteiger partial charge in [0.1, 0.15) is 12.4 Å². The number of benzene rings is 2. The molecule has 0 aliphatic carbocycles. The predicted octanol–water partition coefficient (Wildman–Crippen LogP) is 1.88. The van der Waals surface area contributed by atoms with Gasteiger partial charge in [0.15, 0.2) is 0 Å². The molecule has 2 aromatic carbocycles. The summed E-state index contributed by atoms with van der Waals surface area (Å²) in [6.45, 7) is 2.98. The third kappa shape index (κ3) is 4.26. The predicted molar refractivity (Wildman–Crippen MR) is 111 cm³/mol. The molecule has 1 unspecified atom stereocenters. The minimum atomic E-state index is -1.30. The highest BCUT2D eigenvalue weighted by Crippen LogP contribution is 2.33. The summed E-state index contributed by atoms with van der Waals surface area (Å²) in [6, 6.07) is 15.2. The Kier molecular flexibility index (Phi) is 6.07. The molecule has 2 aliphatic heterocycles. The van der Waals surface area contributed by atoms with Crippen LogP contribution in [-0.2, 0) is 15.5 Å². The first-order chi connectivity index (χ1) is 14.1. The molecule has 2 aromatic rings. The molecule has 0 amide bonds. The number of hydrogen-bond donors (Lipinski definition) is 1. The molecule has 1 saturated heterocycles. The molecule has 1 atom stereocenters. The lowest BCUT2D eigenvalue weighted by Crippen LogP contribution is -2.58. The van der Waals surface area contributed by atoms with Gasteiger partial charge in [-0.1, -0.05) is 30.3 Å². The van der Waals surface area contributed by atoms with Crippen molar-refractivity contribution >= 4 is 22.3 Å². The van der Waals surface area contributed by atoms with Crippen molar-refractivity contribution in [1.29, 1.82) is 0 Å². The smallest absolute Gasteiger partial charge is 0.138 e. The lowest BCUT2D eigenvalue weighted by molar-refractivity contribution is -0.884. The number of para-hydroxylation sites is 1. The third-order valence-electron chi connectivity index (χ3n) is 5.35. The number of nitrogens with zero attached hydrogens (tertiary/aromatic N) is 3. The van der Waals surface area contributed by atoms with Crippen LogP contribution in [0.3, 0.4) is 0 Å². The van der Waals surface area contributed by atoms with Crippen LogP contribution in [0.1, 0.15) is 5.56 Å². The Balaban J connectivity index is 1.58. The highest BCUT2D eigenvalue weighted by molar-refractivity contribution is 7.85. The average Bonchev–Trinajstić information content (AvgIpc) is 2.87. The zero-order chi connectivity index (χ0) is 20.3. The number of amidine groups is 1. The third-order valence-corrected chi connectivity index (χ3v) is 6.85. The highest BCUT2D eigenvalue weighted by atomic mass is 32.2. The molecule has 8 heteroatoms. The zero-order valence-corrected chi connectivity index (χ0v) is 17.0. The van der Waals surface area contributed by atoms with Crippen LogP contribution in [0.2, 0.25) is 0 Å². The SMILES string of the molecule is O=S1c2ccccc2N=C(N2CC[N+]([O-])(CCOCCO)CC2)c2ccccc21. The van der Waals surface area contributed by atoms with E-state index in [4.69, 9.17) is 14.8 Å². The van der Waals surface area contributed by atoms with E-state index in [1.54, 1.807) is 0 Å². The maximum absolute atomic E-state index is 13.2. The lowest BCUT2D eigenvalue weighted by Gasteiger charge is -2.48. The summed E-state index contributed by atoms with van der Waals surface area (Å²) in [4.78, 5) is 8.47. The summed E-state index contributed by atoms with van der Waals surface area (Å²) < 4.78 is 18.1. The normalized spacial score (nSPS) is 20.4. The number of fused-ring (bicyclic) bond motifs is 2. The summed E-state index contributed by atoms with van der Waals surface area (Å²) in [6.07, 6.45) is 0. The van der Waals surface area contributed by atoms with Gasteiger partial charge in [0.25, 0.3) is 0 Å². The first kappa shape index (κ1) is 20.2. The molecule has 29 heavy (non-hydrogen) atoms. The van der Waals surface area contributed by atoms with Gasteiger partial charge in [-0.25, -0.2) is 9.20 Å². The Morgan fingerprint density at radius 3 is 2.52 bits per heavy atom. The van der Waals surface area contributed by atoms with Crippen LogP contribution in [0.5, 0.6) is 0 Å². The Morgan fingerprint density at radius 2 is 1.76 bits per heavy atom. The molecule has 4 rings (SSSR count). The molecular formula is C21H25N3O4S. The number of quaternary nitrogens is 1. The van der Waals surface area contributed by atoms with Crippen LogP contribution in [0.15, 0.2) is 63.3 Å². The van der Waals surface area contributed by atoms with E-state index in [1.165, 1.54) is 0 Å². The van der Waals surface area contributed by atoms with Crippen molar-refractivity contribution in [2.75, 3.05) is 52.5 Å². The van der Waals surface area contributed by atoms with Crippen molar-refractivity contribution in [2.24, 2.45) is 4.99 Å². The van der Waals surface area contributed by atoms with Gasteiger partial charge in [-0.05, 0) is 18.2 Å². The second-order valence-electron chi connectivity index (χ2n) is 7.22. The van der Waals surface area contributed by atoms with Gasteiger partial charge in [-0.2, -0.15) is 0 Å². The molecule has 0 saturated carbocycles. The molecular weight excluding hydrogens is 390 g/mol. The van der Waals surface area contributed by atoms with Crippen molar-refractivity contribution in [2.45, 2.75) is 9.79 Å². The van der Waals surface area contributed by atoms with Crippen LogP contribution in [0.4, 0.5) is 5.69 Å². The monoisotopic (exact) mass is 415 g/mol. The quantitative estimate of drug-likeness (QED) is 0.458. The number of piperazine rings is 1. The maximum atomic E-state index is 13.2. The topological polar surface area (TPSA) is 85.2 Å². The average molecular weight is 416 g/mol. The number of aliphatic imine (C=N–C) groups is 1. The lowest BCUT2D eigenvalue weighted by atomic mass is 10.1. The van der Waals surface area contributed by atoms with Crippen molar-refractivity contribution in [3.63, 3.8) is 0 Å². The Morgan fingerprint density at radius 1 is 1.07 bits per heavy atom. The molecule has 0 radical (unpaired) electrons. The minimum absolute atomic E-state index is 0.0330. The van der Waals surface area contributed by atoms with E-state index >= 15 is 0 Å². The number of aliphatic hydroxyl groups is 1. The van der Waals surface area contributed by atoms with Crippen molar-refractivity contribution in [3.8, 4) is 0 Å². The number of aliphatic hydroxyl groups excluding tert-OH is 1. The van der Waals surface area contributed by atoms with Gasteiger partial charge >= 0.3 is 0 Å². The van der Waals surface area contributed by atoms with Crippen molar-refractivity contribution < 1.29 is 18.7 Å². The van der Waals surface area contributed by atoms with E-state index in [0.717, 1.165) is 16.3 Å². The summed E-state index contributed by atoms with van der Waals surface area (Å²) in [7, 11) is -1.30. The van der Waals surface area contributed by atoms with Crippen LogP contribution < -0.4 is 0 Å². The van der Waals surface area contributed by atoms with Gasteiger partial charge in [-0.3, -0.25) is 0 Å². The molecule has 0 bridgehead atoms. The fraction of sp³-hybridized carbons (Fsp3) is 0.381. The largest absolute Gasteiger partial charge is 0.633 e. The molecule has 2 aliphatic rings. The van der Waals surface area contributed by atoms with E-state index in [9.17, 15) is 9.42 Å². The summed E-state index contributed by atoms with van der Waals surface area (Å²) in [5, 5.41) is 21.7. The Hall–Kier alpha value is -2.10. The van der Waals surface area contributed by atoms with Gasteiger partial charge in [0, 0.05) is 5.56 Å². The van der Waals surface area contributed by atoms with E-state index in [0.29, 0.717) is 49.9 Å². The molecule has 0 spiro atoms. The van der Waals surface area contributed by atoms with Crippen LogP contribution in [0.25, 0.3) is 0 Å². The standard InChI is InChI=1S/C21H25N3O4S/c25-14-16-28-15-13-24(26)11-9-23(10-12-24)21-17-5-1-3-7-19(17)29(27)20-8-4-2-6-18(20)22-21/h1-8,25H,9-16H2. The number of hydroxylamine groups is 3. The first-order valence-electron chi connectivity index (χ1n) is 9.81. The Bertz CT molecular complexity index is 926. The minimum Gasteiger partial charge on any atom is -0.633 e. The fourth-order valence-corrected chi connectivity index (χ4v) is 5.02. The van der Waals surface area contributed by atoms with E-state index < -0.39 is 10.8 Å². The maximum Gasteiger partial charge on any atom is 0.138 e. The molecule has 1 fully saturated rings. The summed E-state index contributed by atoms with van der Waals surface area (Å²) >= 11 is 0. The molecule has 1 N–H and O–H groups in total. The molecule has 154 valence electrons. The molecule has 2 heterocycles. The van der Waals surface area contributed by atoms with Gasteiger partial charge in [-0.15, -0.1) is 0 Å². The Labute approximate surface area is 172 Å². The molecule has 0 aromatic heterocycles. The first-order valence-corrected chi connectivity index (χ1v) is 11.0. The van der Waals surface area contributed by atoms with E-state index in [2.05, 4.69) is 4.90 Å². The summed E-state index contributed by atoms with van der Waals surface area (Å²) in [5.74, 6) is 0.779.